The van der Waals surface area contributed by atoms with E-state index in [9.17, 15) is 13.2 Å². The molecule has 0 unspecified atom stereocenters. The lowest BCUT2D eigenvalue weighted by Crippen LogP contribution is -2.33. The van der Waals surface area contributed by atoms with Crippen LogP contribution < -0.4 is 0 Å². The van der Waals surface area contributed by atoms with Crippen LogP contribution in [0.15, 0.2) is 41.8 Å². The minimum atomic E-state index is -3.74. The Morgan fingerprint density at radius 2 is 2.15 bits per heavy atom. The summed E-state index contributed by atoms with van der Waals surface area (Å²) in [5.74, 6) is -0.112. The third-order valence-electron chi connectivity index (χ3n) is 2.80. The maximum atomic E-state index is 12.4. The lowest BCUT2D eigenvalue weighted by molar-refractivity contribution is 0.0988. The third kappa shape index (κ3) is 3.75. The van der Waals surface area contributed by atoms with E-state index in [0.29, 0.717) is 12.0 Å². The van der Waals surface area contributed by atoms with E-state index in [4.69, 9.17) is 5.11 Å². The van der Waals surface area contributed by atoms with Gasteiger partial charge in [0.15, 0.2) is 5.78 Å². The zero-order valence-electron chi connectivity index (χ0n) is 11.4. The van der Waals surface area contributed by atoms with Crippen LogP contribution in [0.4, 0.5) is 0 Å². The van der Waals surface area contributed by atoms with Crippen LogP contribution in [0, 0.1) is 0 Å². The number of nitrogens with zero attached hydrogens (tertiary/aromatic N) is 1. The van der Waals surface area contributed by atoms with E-state index < -0.39 is 10.0 Å². The van der Waals surface area contributed by atoms with Crippen molar-refractivity contribution in [3.05, 3.63) is 42.5 Å². The molecule has 0 spiro atoms. The number of hydrogen-bond acceptors (Lipinski definition) is 4. The number of benzene rings is 1. The molecule has 110 valence electrons. The summed E-state index contributed by atoms with van der Waals surface area (Å²) in [7, 11) is -3.74. The SMILES string of the molecule is C=CCN(CCO)S(=O)(=O)c1cccc(C(=O)CC)c1. The van der Waals surface area contributed by atoms with Gasteiger partial charge in [-0.15, -0.1) is 6.58 Å². The van der Waals surface area contributed by atoms with Gasteiger partial charge < -0.3 is 5.11 Å². The number of carbonyl (C=O) groups excluding carboxylic acids is 1. The number of hydrogen-bond donors (Lipinski definition) is 1. The van der Waals surface area contributed by atoms with Crippen molar-refractivity contribution in [2.24, 2.45) is 0 Å². The molecule has 0 aliphatic carbocycles. The highest BCUT2D eigenvalue weighted by atomic mass is 32.2. The summed E-state index contributed by atoms with van der Waals surface area (Å²) in [4.78, 5) is 11.7. The normalized spacial score (nSPS) is 11.6. The van der Waals surface area contributed by atoms with Gasteiger partial charge in [0.25, 0.3) is 0 Å². The Balaban J connectivity index is 3.19. The van der Waals surface area contributed by atoms with Crippen LogP contribution in [-0.2, 0) is 10.0 Å². The predicted octanol–water partition coefficient (Wildman–Crippen LogP) is 1.45. The van der Waals surface area contributed by atoms with Crippen molar-refractivity contribution in [3.63, 3.8) is 0 Å². The summed E-state index contributed by atoms with van der Waals surface area (Å²) in [5, 5.41) is 8.96. The number of Topliss-reactive ketones (excluding diaryl/α,β-unsaturated/α-hetero) is 1. The standard InChI is InChI=1S/C14H19NO4S/c1-3-8-15(9-10-16)20(18,19)13-7-5-6-12(11-13)14(17)4-2/h3,5-7,11,16H,1,4,8-10H2,2H3. The lowest BCUT2D eigenvalue weighted by Gasteiger charge is -2.19. The second kappa shape index (κ2) is 7.33. The molecule has 5 nitrogen and oxygen atoms in total. The van der Waals surface area contributed by atoms with E-state index in [1.54, 1.807) is 19.1 Å². The van der Waals surface area contributed by atoms with Gasteiger partial charge in [0.1, 0.15) is 0 Å². The zero-order chi connectivity index (χ0) is 15.2. The van der Waals surface area contributed by atoms with Crippen LogP contribution in [0.1, 0.15) is 23.7 Å². The van der Waals surface area contributed by atoms with Gasteiger partial charge in [0.05, 0.1) is 11.5 Å². The highest BCUT2D eigenvalue weighted by Gasteiger charge is 2.23. The van der Waals surface area contributed by atoms with Gasteiger partial charge in [-0.05, 0) is 12.1 Å². The van der Waals surface area contributed by atoms with Crippen LogP contribution >= 0.6 is 0 Å². The molecule has 0 aliphatic rings. The minimum Gasteiger partial charge on any atom is -0.395 e. The number of sulfonamides is 1. The zero-order valence-corrected chi connectivity index (χ0v) is 12.3. The lowest BCUT2D eigenvalue weighted by atomic mass is 10.1. The molecular formula is C14H19NO4S. The molecule has 0 heterocycles. The van der Waals surface area contributed by atoms with Crippen LogP contribution in [0.2, 0.25) is 0 Å². The van der Waals surface area contributed by atoms with Gasteiger partial charge in [-0.2, -0.15) is 4.31 Å². The van der Waals surface area contributed by atoms with E-state index in [-0.39, 0.29) is 30.4 Å². The van der Waals surface area contributed by atoms with Crippen molar-refractivity contribution in [3.8, 4) is 0 Å². The molecule has 0 amide bonds. The van der Waals surface area contributed by atoms with E-state index in [2.05, 4.69) is 6.58 Å². The van der Waals surface area contributed by atoms with Gasteiger partial charge in [-0.1, -0.05) is 25.1 Å². The smallest absolute Gasteiger partial charge is 0.243 e. The highest BCUT2D eigenvalue weighted by molar-refractivity contribution is 7.89. The Morgan fingerprint density at radius 3 is 2.70 bits per heavy atom. The number of aliphatic hydroxyl groups excluding tert-OH is 1. The molecule has 0 aliphatic heterocycles. The topological polar surface area (TPSA) is 74.7 Å². The number of ketones is 1. The molecule has 1 rings (SSSR count). The minimum absolute atomic E-state index is 0.0136. The fourth-order valence-electron chi connectivity index (χ4n) is 1.75. The number of carbonyl (C=O) groups is 1. The molecule has 0 bridgehead atoms. The van der Waals surface area contributed by atoms with Crippen molar-refractivity contribution in [2.45, 2.75) is 18.2 Å². The molecule has 0 radical (unpaired) electrons. The van der Waals surface area contributed by atoms with Gasteiger partial charge in [-0.3, -0.25) is 4.79 Å². The van der Waals surface area contributed by atoms with Gasteiger partial charge in [0, 0.05) is 25.1 Å². The molecule has 0 aromatic heterocycles. The maximum Gasteiger partial charge on any atom is 0.243 e. The molecule has 20 heavy (non-hydrogen) atoms. The Bertz CT molecular complexity index is 581. The van der Waals surface area contributed by atoms with Gasteiger partial charge >= 0.3 is 0 Å². The van der Waals surface area contributed by atoms with Crippen molar-refractivity contribution in [2.75, 3.05) is 19.7 Å². The Morgan fingerprint density at radius 1 is 1.45 bits per heavy atom. The van der Waals surface area contributed by atoms with Crippen LogP contribution in [0.25, 0.3) is 0 Å². The molecule has 1 N–H and O–H groups in total. The Labute approximate surface area is 119 Å². The molecule has 6 heteroatoms. The number of aliphatic hydroxyl groups is 1. The maximum absolute atomic E-state index is 12.4. The summed E-state index contributed by atoms with van der Waals surface area (Å²) in [6.07, 6.45) is 1.77. The van der Waals surface area contributed by atoms with E-state index in [1.165, 1.54) is 18.2 Å². The third-order valence-corrected chi connectivity index (χ3v) is 4.66. The van der Waals surface area contributed by atoms with Gasteiger partial charge in [0.2, 0.25) is 10.0 Å². The second-order valence-electron chi connectivity index (χ2n) is 4.18. The molecule has 0 saturated carbocycles. The van der Waals surface area contributed by atoms with Crippen molar-refractivity contribution < 1.29 is 18.3 Å². The first-order chi connectivity index (χ1) is 9.47. The van der Waals surface area contributed by atoms with Crippen molar-refractivity contribution in [1.82, 2.24) is 4.31 Å². The first-order valence-corrected chi connectivity index (χ1v) is 7.76. The van der Waals surface area contributed by atoms with Crippen LogP contribution in [-0.4, -0.2) is 43.3 Å². The Hall–Kier alpha value is -1.50. The largest absolute Gasteiger partial charge is 0.395 e. The van der Waals surface area contributed by atoms with Crippen molar-refractivity contribution in [1.29, 1.82) is 0 Å². The summed E-state index contributed by atoms with van der Waals surface area (Å²) >= 11 is 0. The summed E-state index contributed by atoms with van der Waals surface area (Å²) in [6.45, 7) is 5.04. The molecule has 0 saturated heterocycles. The quantitative estimate of drug-likeness (QED) is 0.582. The van der Waals surface area contributed by atoms with Crippen LogP contribution in [0.5, 0.6) is 0 Å². The monoisotopic (exact) mass is 297 g/mol. The first kappa shape index (κ1) is 16.6. The highest BCUT2D eigenvalue weighted by Crippen LogP contribution is 2.17. The molecule has 0 fully saturated rings. The average Bonchev–Trinajstić information content (AvgIpc) is 2.46. The summed E-state index contributed by atoms with van der Waals surface area (Å²) in [5.41, 5.74) is 0.371. The molecule has 1 aromatic carbocycles. The average molecular weight is 297 g/mol. The first-order valence-electron chi connectivity index (χ1n) is 6.32. The van der Waals surface area contributed by atoms with E-state index in [1.807, 2.05) is 0 Å². The van der Waals surface area contributed by atoms with E-state index >= 15 is 0 Å². The summed E-state index contributed by atoms with van der Waals surface area (Å²) in [6, 6.07) is 5.94. The fraction of sp³-hybridized carbons (Fsp3) is 0.357. The van der Waals surface area contributed by atoms with E-state index in [0.717, 1.165) is 4.31 Å². The molecular weight excluding hydrogens is 278 g/mol. The fourth-order valence-corrected chi connectivity index (χ4v) is 3.20. The second-order valence-corrected chi connectivity index (χ2v) is 6.12. The predicted molar refractivity (Wildman–Crippen MR) is 77.1 cm³/mol. The molecule has 1 aromatic rings. The summed E-state index contributed by atoms with van der Waals surface area (Å²) < 4.78 is 26.0. The van der Waals surface area contributed by atoms with Crippen LogP contribution in [0.3, 0.4) is 0 Å². The number of rotatable bonds is 8. The van der Waals surface area contributed by atoms with Crippen molar-refractivity contribution >= 4 is 15.8 Å². The molecule has 0 atom stereocenters. The Kier molecular flexibility index (Phi) is 6.06. The van der Waals surface area contributed by atoms with Gasteiger partial charge in [-0.25, -0.2) is 8.42 Å².